The molecule has 1 amide bonds. The predicted octanol–water partition coefficient (Wildman–Crippen LogP) is 3.58. The highest BCUT2D eigenvalue weighted by molar-refractivity contribution is 5.91. The number of amides is 1. The standard InChI is InChI=1S/C19H26FN3O3/c1-6-23(11-13-7-8-15(25-5)14(20)9-13)12-17(24)21-18-10-16(22-26-18)19(2,3)4/h7-10H,6,11-12H2,1-5H3,(H,21,24). The van der Waals surface area contributed by atoms with Crippen molar-refractivity contribution >= 4 is 11.8 Å². The van der Waals surface area contributed by atoms with Gasteiger partial charge in [0.25, 0.3) is 0 Å². The summed E-state index contributed by atoms with van der Waals surface area (Å²) < 4.78 is 23.9. The van der Waals surface area contributed by atoms with Crippen LogP contribution in [0.5, 0.6) is 5.75 Å². The first kappa shape index (κ1) is 19.9. The number of halogens is 1. The molecule has 2 aromatic rings. The van der Waals surface area contributed by atoms with Gasteiger partial charge >= 0.3 is 0 Å². The van der Waals surface area contributed by atoms with E-state index in [0.717, 1.165) is 11.3 Å². The Morgan fingerprint density at radius 2 is 2.08 bits per heavy atom. The Morgan fingerprint density at radius 3 is 2.62 bits per heavy atom. The average Bonchev–Trinajstić information content (AvgIpc) is 3.03. The molecule has 0 aliphatic rings. The van der Waals surface area contributed by atoms with Crippen molar-refractivity contribution in [3.8, 4) is 5.75 Å². The molecule has 0 aliphatic heterocycles. The first-order chi connectivity index (χ1) is 12.2. The fourth-order valence-corrected chi connectivity index (χ4v) is 2.41. The summed E-state index contributed by atoms with van der Waals surface area (Å²) in [7, 11) is 1.43. The second kappa shape index (κ2) is 8.31. The maximum absolute atomic E-state index is 13.8. The van der Waals surface area contributed by atoms with Crippen LogP contribution < -0.4 is 10.1 Å². The fraction of sp³-hybridized carbons (Fsp3) is 0.474. The summed E-state index contributed by atoms with van der Waals surface area (Å²) in [5.41, 5.74) is 1.39. The minimum absolute atomic E-state index is 0.152. The van der Waals surface area contributed by atoms with Gasteiger partial charge in [-0.1, -0.05) is 38.9 Å². The molecule has 0 bridgehead atoms. The number of anilines is 1. The second-order valence-electron chi connectivity index (χ2n) is 7.15. The number of carbonyl (C=O) groups excluding carboxylic acids is 1. The van der Waals surface area contributed by atoms with Crippen LogP contribution in [0.3, 0.4) is 0 Å². The van der Waals surface area contributed by atoms with Crippen molar-refractivity contribution in [3.63, 3.8) is 0 Å². The van der Waals surface area contributed by atoms with Crippen LogP contribution in [0.1, 0.15) is 39.0 Å². The molecule has 0 fully saturated rings. The van der Waals surface area contributed by atoms with Crippen LogP contribution >= 0.6 is 0 Å². The van der Waals surface area contributed by atoms with Crippen LogP contribution in [0.15, 0.2) is 28.8 Å². The van der Waals surface area contributed by atoms with Crippen LogP contribution in [-0.2, 0) is 16.8 Å². The number of rotatable bonds is 7. The summed E-state index contributed by atoms with van der Waals surface area (Å²) >= 11 is 0. The Kier molecular flexibility index (Phi) is 6.37. The van der Waals surface area contributed by atoms with Gasteiger partial charge < -0.3 is 9.26 Å². The van der Waals surface area contributed by atoms with Crippen LogP contribution in [0.4, 0.5) is 10.3 Å². The molecule has 0 radical (unpaired) electrons. The van der Waals surface area contributed by atoms with E-state index >= 15 is 0 Å². The smallest absolute Gasteiger partial charge is 0.240 e. The minimum atomic E-state index is -0.415. The van der Waals surface area contributed by atoms with E-state index in [4.69, 9.17) is 9.26 Å². The zero-order valence-electron chi connectivity index (χ0n) is 15.9. The first-order valence-electron chi connectivity index (χ1n) is 8.54. The van der Waals surface area contributed by atoms with Crippen molar-refractivity contribution in [1.29, 1.82) is 0 Å². The highest BCUT2D eigenvalue weighted by Gasteiger charge is 2.20. The number of methoxy groups -OCH3 is 1. The van der Waals surface area contributed by atoms with Gasteiger partial charge in [-0.15, -0.1) is 0 Å². The van der Waals surface area contributed by atoms with E-state index in [-0.39, 0.29) is 23.6 Å². The van der Waals surface area contributed by atoms with E-state index in [9.17, 15) is 9.18 Å². The van der Waals surface area contributed by atoms with E-state index in [1.807, 2.05) is 32.6 Å². The molecular weight excluding hydrogens is 337 g/mol. The predicted molar refractivity (Wildman–Crippen MR) is 97.7 cm³/mol. The summed E-state index contributed by atoms with van der Waals surface area (Å²) in [6.07, 6.45) is 0. The monoisotopic (exact) mass is 363 g/mol. The van der Waals surface area contributed by atoms with Crippen molar-refractivity contribution < 1.29 is 18.4 Å². The number of hydrogen-bond acceptors (Lipinski definition) is 5. The molecular formula is C19H26FN3O3. The first-order valence-corrected chi connectivity index (χ1v) is 8.54. The topological polar surface area (TPSA) is 67.6 Å². The Balaban J connectivity index is 1.95. The molecule has 142 valence electrons. The molecule has 1 aromatic carbocycles. The van der Waals surface area contributed by atoms with Crippen molar-refractivity contribution in [2.24, 2.45) is 0 Å². The van der Waals surface area contributed by atoms with Crippen LogP contribution in [-0.4, -0.2) is 36.2 Å². The zero-order valence-corrected chi connectivity index (χ0v) is 15.9. The van der Waals surface area contributed by atoms with Gasteiger partial charge in [-0.3, -0.25) is 15.0 Å². The SMILES string of the molecule is CCN(CC(=O)Nc1cc(C(C)(C)C)no1)Cc1ccc(OC)c(F)c1. The van der Waals surface area contributed by atoms with Gasteiger partial charge in [-0.2, -0.15) is 0 Å². The quantitative estimate of drug-likeness (QED) is 0.814. The lowest BCUT2D eigenvalue weighted by atomic mass is 9.92. The molecule has 0 atom stereocenters. The third kappa shape index (κ3) is 5.29. The van der Waals surface area contributed by atoms with Crippen molar-refractivity contribution in [2.45, 2.75) is 39.7 Å². The lowest BCUT2D eigenvalue weighted by Crippen LogP contribution is -2.32. The minimum Gasteiger partial charge on any atom is -0.494 e. The molecule has 7 heteroatoms. The third-order valence-corrected chi connectivity index (χ3v) is 3.98. The Morgan fingerprint density at radius 1 is 1.35 bits per heavy atom. The normalized spacial score (nSPS) is 11.7. The molecule has 1 N–H and O–H groups in total. The van der Waals surface area contributed by atoms with Gasteiger partial charge in [0, 0.05) is 18.0 Å². The largest absolute Gasteiger partial charge is 0.494 e. The summed E-state index contributed by atoms with van der Waals surface area (Å²) in [4.78, 5) is 14.2. The van der Waals surface area contributed by atoms with Crippen molar-refractivity contribution in [1.82, 2.24) is 10.1 Å². The van der Waals surface area contributed by atoms with E-state index in [1.54, 1.807) is 18.2 Å². The van der Waals surface area contributed by atoms with Crippen LogP contribution in [0, 0.1) is 5.82 Å². The maximum Gasteiger partial charge on any atom is 0.240 e. The number of ether oxygens (including phenoxy) is 1. The number of nitrogens with one attached hydrogen (secondary N) is 1. The molecule has 2 rings (SSSR count). The summed E-state index contributed by atoms with van der Waals surface area (Å²) in [5.74, 6) is -0.0969. The van der Waals surface area contributed by atoms with E-state index in [1.165, 1.54) is 13.2 Å². The molecule has 1 aromatic heterocycles. The van der Waals surface area contributed by atoms with Crippen molar-refractivity contribution in [3.05, 3.63) is 41.3 Å². The maximum atomic E-state index is 13.8. The number of hydrogen-bond donors (Lipinski definition) is 1. The van der Waals surface area contributed by atoms with Gasteiger partial charge in [-0.05, 0) is 24.2 Å². The molecule has 6 nitrogen and oxygen atoms in total. The molecule has 0 unspecified atom stereocenters. The number of nitrogens with zero attached hydrogens (tertiary/aromatic N) is 2. The van der Waals surface area contributed by atoms with Crippen LogP contribution in [0.25, 0.3) is 0 Å². The number of benzene rings is 1. The Labute approximate surface area is 153 Å². The van der Waals surface area contributed by atoms with Gasteiger partial charge in [0.1, 0.15) is 0 Å². The molecule has 26 heavy (non-hydrogen) atoms. The average molecular weight is 363 g/mol. The Bertz CT molecular complexity index is 753. The molecule has 0 aliphatic carbocycles. The molecule has 1 heterocycles. The van der Waals surface area contributed by atoms with Crippen LogP contribution in [0.2, 0.25) is 0 Å². The highest BCUT2D eigenvalue weighted by Crippen LogP contribution is 2.23. The Hall–Kier alpha value is -2.41. The highest BCUT2D eigenvalue weighted by atomic mass is 19.1. The molecule has 0 spiro atoms. The number of likely N-dealkylation sites (N-methyl/N-ethyl adjacent to an activating group) is 1. The summed E-state index contributed by atoms with van der Waals surface area (Å²) in [6, 6.07) is 6.52. The van der Waals surface area contributed by atoms with Crippen molar-refractivity contribution in [2.75, 3.05) is 25.5 Å². The zero-order chi connectivity index (χ0) is 19.3. The van der Waals surface area contributed by atoms with Gasteiger partial charge in [0.05, 0.1) is 19.3 Å². The second-order valence-corrected chi connectivity index (χ2v) is 7.15. The van der Waals surface area contributed by atoms with E-state index in [0.29, 0.717) is 19.0 Å². The summed E-state index contributed by atoms with van der Waals surface area (Å²) in [6.45, 7) is 9.25. The third-order valence-electron chi connectivity index (χ3n) is 3.98. The van der Waals surface area contributed by atoms with E-state index < -0.39 is 5.82 Å². The lowest BCUT2D eigenvalue weighted by molar-refractivity contribution is -0.117. The number of carbonyl (C=O) groups is 1. The lowest BCUT2D eigenvalue weighted by Gasteiger charge is -2.19. The molecule has 0 saturated carbocycles. The number of aromatic nitrogens is 1. The van der Waals surface area contributed by atoms with Gasteiger partial charge in [-0.25, -0.2) is 4.39 Å². The fourth-order valence-electron chi connectivity index (χ4n) is 2.41. The molecule has 0 saturated heterocycles. The van der Waals surface area contributed by atoms with E-state index in [2.05, 4.69) is 10.5 Å². The van der Waals surface area contributed by atoms with Gasteiger partial charge in [0.2, 0.25) is 11.8 Å². The summed E-state index contributed by atoms with van der Waals surface area (Å²) in [5, 5.41) is 6.69. The van der Waals surface area contributed by atoms with Gasteiger partial charge in [0.15, 0.2) is 11.6 Å².